The molecule has 25 nitrogen and oxygen atoms in total. The fourth-order valence-corrected chi connectivity index (χ4v) is 9.73. The van der Waals surface area contributed by atoms with Gasteiger partial charge in [0.15, 0.2) is 17.5 Å². The summed E-state index contributed by atoms with van der Waals surface area (Å²) in [7, 11) is -17.6. The van der Waals surface area contributed by atoms with E-state index < -0.39 is 101 Å². The van der Waals surface area contributed by atoms with E-state index in [1.54, 1.807) is 36.4 Å². The van der Waals surface area contributed by atoms with Crippen LogP contribution in [-0.4, -0.2) is 212 Å². The molecule has 4 radical (unpaired) electrons. The number of hydrogen-bond acceptors (Lipinski definition) is 20. The predicted molar refractivity (Wildman–Crippen MR) is 282 cm³/mol. The molecule has 1 aliphatic rings. The molecule has 1 heterocycles. The van der Waals surface area contributed by atoms with Crippen molar-refractivity contribution in [3.8, 4) is 34.1 Å². The van der Waals surface area contributed by atoms with Crippen LogP contribution in [0.3, 0.4) is 0 Å². The van der Waals surface area contributed by atoms with Crippen LogP contribution in [0, 0.1) is 0 Å². The number of para-hydroxylation sites is 1. The van der Waals surface area contributed by atoms with E-state index in [0.29, 0.717) is 16.8 Å². The Bertz CT molecular complexity index is 4100. The van der Waals surface area contributed by atoms with Gasteiger partial charge in [0, 0.05) is 124 Å². The van der Waals surface area contributed by atoms with Crippen LogP contribution in [0.2, 0.25) is 0 Å². The number of phenolic OH excluding ortho intramolecular Hbond substituents is 2. The van der Waals surface area contributed by atoms with E-state index >= 15 is 0 Å². The van der Waals surface area contributed by atoms with Crippen molar-refractivity contribution in [2.24, 2.45) is 35.8 Å². The molecule has 0 spiro atoms. The van der Waals surface area contributed by atoms with Crippen molar-refractivity contribution in [2.45, 2.75) is 32.5 Å². The number of carbonyl (C=O) groups is 1. The number of hydrogen-bond donors (Lipinski definition) is 6. The fraction of sp³-hybridized carbons (Fsp3) is 0.0909. The van der Waals surface area contributed by atoms with Gasteiger partial charge in [-0.15, -0.1) is 20.5 Å². The fourth-order valence-electron chi connectivity index (χ4n) is 7.40. The largest absolute Gasteiger partial charge is 0.505 e. The molecule has 1 amide bonds. The summed E-state index contributed by atoms with van der Waals surface area (Å²) >= 11 is 0. The number of benzene rings is 7. The molecule has 0 saturated carbocycles. The zero-order valence-electron chi connectivity index (χ0n) is 41.4. The predicted octanol–water partition coefficient (Wildman–Crippen LogP) is 7.26. The zero-order valence-corrected chi connectivity index (χ0v) is 52.6. The second-order valence-corrected chi connectivity index (χ2v) is 21.1. The number of nitrogens with zero attached hydrogens (tertiary/aromatic N) is 8. The van der Waals surface area contributed by atoms with E-state index in [9.17, 15) is 66.9 Å². The van der Waals surface area contributed by atoms with Gasteiger partial charge in [-0.25, -0.2) is 0 Å². The number of methoxy groups -OCH3 is 2. The van der Waals surface area contributed by atoms with Crippen molar-refractivity contribution in [1.82, 2.24) is 0 Å². The van der Waals surface area contributed by atoms with Crippen LogP contribution in [0.4, 0.5) is 34.1 Å². The molecule has 1 atom stereocenters. The number of azo groups is 3. The average molecular weight is 1170 g/mol. The smallest absolute Gasteiger partial charge is 0.298 e. The van der Waals surface area contributed by atoms with E-state index in [1.165, 1.54) is 51.5 Å². The Morgan fingerprint density at radius 1 is 0.532 bits per heavy atom. The Labute approximate surface area is 526 Å². The minimum Gasteiger partial charge on any atom is -0.505 e. The molecule has 0 aliphatic carbocycles. The molecule has 0 saturated heterocycles. The Morgan fingerprint density at radius 3 is 1.57 bits per heavy atom. The summed E-state index contributed by atoms with van der Waals surface area (Å²) in [5.41, 5.74) is -0.384. The van der Waals surface area contributed by atoms with Gasteiger partial charge in [-0.3, -0.25) is 23.0 Å². The van der Waals surface area contributed by atoms with Gasteiger partial charge in [0.25, 0.3) is 46.4 Å². The summed E-state index contributed by atoms with van der Waals surface area (Å²) in [6, 6.07) is 21.9. The van der Waals surface area contributed by atoms with Crippen molar-refractivity contribution in [1.29, 1.82) is 0 Å². The normalized spacial score (nSPS) is 14.1. The van der Waals surface area contributed by atoms with Crippen LogP contribution in [0.5, 0.6) is 23.0 Å². The number of phenols is 2. The number of ether oxygens (including phenoxy) is 2. The van der Waals surface area contributed by atoms with Gasteiger partial charge in [0.1, 0.15) is 44.0 Å². The molecule has 7 aromatic rings. The molecule has 0 aromatic heterocycles. The van der Waals surface area contributed by atoms with Gasteiger partial charge in [0.05, 0.1) is 46.5 Å². The number of anilines is 1. The quantitative estimate of drug-likeness (QED) is 0.0354. The molecule has 1 aliphatic heterocycles. The van der Waals surface area contributed by atoms with Crippen LogP contribution in [0.15, 0.2) is 165 Å². The molecule has 77 heavy (non-hydrogen) atoms. The van der Waals surface area contributed by atoms with Crippen LogP contribution >= 0.6 is 0 Å². The number of hydrazone groups is 1. The first-order chi connectivity index (χ1) is 34.3. The SMILES string of the molecule is COc1cc(-c2ccc(N=Nc3c(O)c(S(=O)(=O)O)cc4cc(S(=O)(=O)O)ccc34)c(OC)c2)ccc1N=Nc1c(S(=O)(=O)O)cc2cc(S(=O)(=O)O)cc(N=NC3C(=O)N(c4ccccc4)N=C3C)c2c1O.[Na].[Na].[Na].[Na]. The van der Waals surface area contributed by atoms with E-state index in [4.69, 9.17) is 9.47 Å². The molecule has 7 aromatic carbocycles. The number of rotatable bonds is 14. The van der Waals surface area contributed by atoms with Gasteiger partial charge in [-0.2, -0.15) is 54.0 Å². The van der Waals surface area contributed by atoms with E-state index in [2.05, 4.69) is 35.8 Å². The van der Waals surface area contributed by atoms with Gasteiger partial charge in [-0.1, -0.05) is 36.4 Å². The molecule has 33 heteroatoms. The maximum absolute atomic E-state index is 13.4. The maximum Gasteiger partial charge on any atom is 0.298 e. The van der Waals surface area contributed by atoms with Gasteiger partial charge in [0.2, 0.25) is 0 Å². The van der Waals surface area contributed by atoms with Crippen molar-refractivity contribution < 1.29 is 76.4 Å². The molecule has 1 unspecified atom stereocenters. The summed E-state index contributed by atoms with van der Waals surface area (Å²) in [5.74, 6) is -2.57. The topological polar surface area (TPSA) is 383 Å². The second kappa shape index (κ2) is 25.5. The van der Waals surface area contributed by atoms with Crippen molar-refractivity contribution >= 4 is 226 Å². The average Bonchev–Trinajstić information content (AvgIpc) is 3.62. The van der Waals surface area contributed by atoms with Gasteiger partial charge >= 0.3 is 0 Å². The minimum atomic E-state index is -5.28. The minimum absolute atomic E-state index is 0. The Balaban J connectivity index is 0.00000320. The number of carbonyl (C=O) groups excluding carboxylic acids is 1. The zero-order chi connectivity index (χ0) is 52.9. The van der Waals surface area contributed by atoms with Crippen LogP contribution in [-0.2, 0) is 45.3 Å². The molecule has 6 N–H and O–H groups in total. The molecule has 380 valence electrons. The first-order valence-electron chi connectivity index (χ1n) is 20.4. The Kier molecular flexibility index (Phi) is 21.7. The van der Waals surface area contributed by atoms with Crippen LogP contribution < -0.4 is 14.5 Å². The van der Waals surface area contributed by atoms with Crippen molar-refractivity contribution in [2.75, 3.05) is 19.2 Å². The van der Waals surface area contributed by atoms with Crippen molar-refractivity contribution in [3.05, 3.63) is 109 Å². The standard InChI is InChI=1S/C44H34N8O17S4.4Na/c1-22-39(44(55)52(51-22)27-7-5-4-6-8-27)48-47-33-21-29(71(59,60)61)16-26-20-36(72(62,63)64)41(43(54)38(26)33)50-46-32-14-10-24(18-35(32)69-3)23-9-13-31(34(17-23)68-2)45-49-40-30-12-11-28(70(56,57)58)15-25(30)19-37(42(40)53)73(65,66)67;;;;/h4-21,39,53-54H,1-3H3,(H,56,57,58)(H,59,60,61)(H,62,63,64)(H,65,66,67);;;;. The summed E-state index contributed by atoms with van der Waals surface area (Å²) in [4.78, 5) is 9.86. The van der Waals surface area contributed by atoms with Crippen molar-refractivity contribution in [3.63, 3.8) is 0 Å². The molecule has 8 rings (SSSR count). The Hall–Kier alpha value is -4.16. The molecule has 0 bridgehead atoms. The van der Waals surface area contributed by atoms with E-state index in [1.807, 2.05) is 0 Å². The number of fused-ring (bicyclic) bond motifs is 2. The third-order valence-electron chi connectivity index (χ3n) is 10.9. The summed E-state index contributed by atoms with van der Waals surface area (Å²) in [6.07, 6.45) is 0. The molecular weight excluding hydrogens is 1130 g/mol. The van der Waals surface area contributed by atoms with Crippen LogP contribution in [0.25, 0.3) is 32.7 Å². The van der Waals surface area contributed by atoms with E-state index in [-0.39, 0.29) is 168 Å². The number of amides is 1. The maximum atomic E-state index is 13.4. The van der Waals surface area contributed by atoms with Gasteiger partial charge < -0.3 is 19.7 Å². The Morgan fingerprint density at radius 2 is 1.05 bits per heavy atom. The molecule has 0 fully saturated rings. The third kappa shape index (κ3) is 14.1. The van der Waals surface area contributed by atoms with E-state index in [0.717, 1.165) is 47.5 Å². The third-order valence-corrected chi connectivity index (χ3v) is 14.3. The number of aromatic hydroxyl groups is 2. The molecular formula is C44H34N8Na4O17S4. The summed E-state index contributed by atoms with van der Waals surface area (Å²) in [6.45, 7) is 1.49. The van der Waals surface area contributed by atoms with Gasteiger partial charge in [-0.05, 0) is 102 Å². The summed E-state index contributed by atoms with van der Waals surface area (Å²) < 4.78 is 149. The first-order valence-corrected chi connectivity index (χ1v) is 26.1. The monoisotopic (exact) mass is 1170 g/mol. The second-order valence-electron chi connectivity index (χ2n) is 15.5. The first kappa shape index (κ1) is 65.4. The summed E-state index contributed by atoms with van der Waals surface area (Å²) in [5, 5.41) is 51.2. The van der Waals surface area contributed by atoms with Crippen LogP contribution in [0.1, 0.15) is 6.92 Å².